The number of anilines is 1. The van der Waals surface area contributed by atoms with E-state index in [-0.39, 0.29) is 25.3 Å². The smallest absolute Gasteiger partial charge is 0.244 e. The number of benzene rings is 2. The number of carbonyl (C=O) groups is 1. The Labute approximate surface area is 171 Å². The van der Waals surface area contributed by atoms with E-state index < -0.39 is 27.8 Å². The van der Waals surface area contributed by atoms with Crippen molar-refractivity contribution in [1.29, 1.82) is 0 Å². The number of aryl methyl sites for hydroxylation is 2. The van der Waals surface area contributed by atoms with E-state index in [1.807, 2.05) is 32.0 Å². The quantitative estimate of drug-likeness (QED) is 0.630. The van der Waals surface area contributed by atoms with Gasteiger partial charge < -0.3 is 10.1 Å². The van der Waals surface area contributed by atoms with Crippen LogP contribution in [0, 0.1) is 19.7 Å². The average molecular weight is 423 g/mol. The third-order valence-electron chi connectivity index (χ3n) is 4.28. The van der Waals surface area contributed by atoms with E-state index >= 15 is 0 Å². The van der Waals surface area contributed by atoms with E-state index in [1.165, 1.54) is 12.1 Å². The second-order valence-electron chi connectivity index (χ2n) is 6.92. The highest BCUT2D eigenvalue weighted by Crippen LogP contribution is 2.23. The molecule has 158 valence electrons. The molecule has 0 saturated heterocycles. The first-order valence-electron chi connectivity index (χ1n) is 9.35. The van der Waals surface area contributed by atoms with Gasteiger partial charge in [0.15, 0.2) is 0 Å². The monoisotopic (exact) mass is 422 g/mol. The number of amides is 1. The standard InChI is InChI=1S/C21H27FN2O4S/c1-5-20(24(29(4,26)27)18-8-6-17(22)7-9-18)21(25)23-10-11-28-19-13-15(2)12-16(3)14-19/h6-9,12-14,20H,5,10-11H2,1-4H3,(H,23,25)/t20-/m0/s1. The minimum absolute atomic E-state index is 0.226. The molecule has 0 unspecified atom stereocenters. The molecule has 1 atom stereocenters. The molecule has 2 aromatic rings. The molecule has 1 N–H and O–H groups in total. The summed E-state index contributed by atoms with van der Waals surface area (Å²) in [6.07, 6.45) is 1.28. The molecule has 1 amide bonds. The lowest BCUT2D eigenvalue weighted by molar-refractivity contribution is -0.122. The molecule has 6 nitrogen and oxygen atoms in total. The number of halogens is 1. The number of nitrogens with zero attached hydrogens (tertiary/aromatic N) is 1. The van der Waals surface area contributed by atoms with Crippen molar-refractivity contribution < 1.29 is 22.3 Å². The minimum Gasteiger partial charge on any atom is -0.492 e. The van der Waals surface area contributed by atoms with E-state index in [4.69, 9.17) is 4.74 Å². The molecule has 0 bridgehead atoms. The van der Waals surface area contributed by atoms with Crippen LogP contribution in [0.1, 0.15) is 24.5 Å². The van der Waals surface area contributed by atoms with Gasteiger partial charge >= 0.3 is 0 Å². The highest BCUT2D eigenvalue weighted by Gasteiger charge is 2.31. The number of rotatable bonds is 9. The molecule has 0 fully saturated rings. The molecule has 0 heterocycles. The zero-order valence-electron chi connectivity index (χ0n) is 17.1. The molecule has 0 saturated carbocycles. The van der Waals surface area contributed by atoms with E-state index in [0.717, 1.165) is 33.8 Å². The van der Waals surface area contributed by atoms with Crippen LogP contribution in [0.5, 0.6) is 5.75 Å². The Morgan fingerprint density at radius 3 is 2.24 bits per heavy atom. The average Bonchev–Trinajstić information content (AvgIpc) is 2.62. The number of carbonyl (C=O) groups excluding carboxylic acids is 1. The Morgan fingerprint density at radius 2 is 1.72 bits per heavy atom. The summed E-state index contributed by atoms with van der Waals surface area (Å²) in [6.45, 7) is 6.15. The number of ether oxygens (including phenoxy) is 1. The molecule has 0 radical (unpaired) electrons. The SMILES string of the molecule is CC[C@@H](C(=O)NCCOc1cc(C)cc(C)c1)N(c1ccc(F)cc1)S(C)(=O)=O. The number of hydrogen-bond acceptors (Lipinski definition) is 4. The largest absolute Gasteiger partial charge is 0.492 e. The number of hydrogen-bond donors (Lipinski definition) is 1. The van der Waals surface area contributed by atoms with Gasteiger partial charge in [-0.3, -0.25) is 9.10 Å². The van der Waals surface area contributed by atoms with Crippen LogP contribution in [0.2, 0.25) is 0 Å². The maximum Gasteiger partial charge on any atom is 0.244 e. The Balaban J connectivity index is 2.04. The molecule has 8 heteroatoms. The minimum atomic E-state index is -3.75. The summed E-state index contributed by atoms with van der Waals surface area (Å²) in [5, 5.41) is 2.72. The first-order valence-corrected chi connectivity index (χ1v) is 11.2. The van der Waals surface area contributed by atoms with Gasteiger partial charge in [0.05, 0.1) is 18.5 Å². The molecule has 2 rings (SSSR count). The highest BCUT2D eigenvalue weighted by atomic mass is 32.2. The van der Waals surface area contributed by atoms with Crippen LogP contribution in [0.25, 0.3) is 0 Å². The molecular formula is C21H27FN2O4S. The third-order valence-corrected chi connectivity index (χ3v) is 5.46. The van der Waals surface area contributed by atoms with E-state index in [9.17, 15) is 17.6 Å². The summed E-state index contributed by atoms with van der Waals surface area (Å²) in [4.78, 5) is 12.7. The van der Waals surface area contributed by atoms with Gasteiger partial charge in [0.1, 0.15) is 24.2 Å². The summed E-state index contributed by atoms with van der Waals surface area (Å²) in [5.41, 5.74) is 2.40. The molecule has 2 aromatic carbocycles. The van der Waals surface area contributed by atoms with Gasteiger partial charge in [-0.25, -0.2) is 12.8 Å². The number of nitrogens with one attached hydrogen (secondary N) is 1. The highest BCUT2D eigenvalue weighted by molar-refractivity contribution is 7.92. The molecule has 0 aliphatic heterocycles. The van der Waals surface area contributed by atoms with E-state index in [1.54, 1.807) is 6.92 Å². The number of sulfonamides is 1. The van der Waals surface area contributed by atoms with Gasteiger partial charge in [-0.05, 0) is 67.8 Å². The molecule has 0 aliphatic carbocycles. The van der Waals surface area contributed by atoms with Gasteiger partial charge in [0.25, 0.3) is 0 Å². The summed E-state index contributed by atoms with van der Waals surface area (Å²) >= 11 is 0. The maximum atomic E-state index is 13.2. The zero-order chi connectivity index (χ0) is 21.6. The van der Waals surface area contributed by atoms with Crippen molar-refractivity contribution in [1.82, 2.24) is 5.32 Å². The van der Waals surface area contributed by atoms with Crippen LogP contribution in [-0.2, 0) is 14.8 Å². The van der Waals surface area contributed by atoms with Crippen molar-refractivity contribution in [2.45, 2.75) is 33.2 Å². The van der Waals surface area contributed by atoms with Crippen molar-refractivity contribution in [3.8, 4) is 5.75 Å². The topological polar surface area (TPSA) is 75.7 Å². The first kappa shape index (κ1) is 22.7. The zero-order valence-corrected chi connectivity index (χ0v) is 17.9. The summed E-state index contributed by atoms with van der Waals surface area (Å²) in [7, 11) is -3.75. The Morgan fingerprint density at radius 1 is 1.14 bits per heavy atom. The molecule has 0 spiro atoms. The normalized spacial score (nSPS) is 12.3. The molecule has 0 aromatic heterocycles. The first-order chi connectivity index (χ1) is 13.6. The fraction of sp³-hybridized carbons (Fsp3) is 0.381. The third kappa shape index (κ3) is 6.45. The lowest BCUT2D eigenvalue weighted by Crippen LogP contribution is -2.50. The molecular weight excluding hydrogens is 395 g/mol. The lowest BCUT2D eigenvalue weighted by atomic mass is 10.1. The summed E-state index contributed by atoms with van der Waals surface area (Å²) in [6, 6.07) is 9.91. The Bertz CT molecular complexity index is 925. The summed E-state index contributed by atoms with van der Waals surface area (Å²) < 4.78 is 44.6. The fourth-order valence-electron chi connectivity index (χ4n) is 3.13. The predicted molar refractivity (Wildman–Crippen MR) is 112 cm³/mol. The second-order valence-corrected chi connectivity index (χ2v) is 8.78. The van der Waals surface area contributed by atoms with Gasteiger partial charge in [0, 0.05) is 0 Å². The Hall–Kier alpha value is -2.61. The second kappa shape index (κ2) is 9.73. The van der Waals surface area contributed by atoms with Crippen molar-refractivity contribution >= 4 is 21.6 Å². The van der Waals surface area contributed by atoms with Crippen molar-refractivity contribution in [2.24, 2.45) is 0 Å². The summed E-state index contributed by atoms with van der Waals surface area (Å²) in [5.74, 6) is -0.206. The van der Waals surface area contributed by atoms with Crippen LogP contribution in [-0.4, -0.2) is 39.8 Å². The Kier molecular flexibility index (Phi) is 7.61. The van der Waals surface area contributed by atoms with Gasteiger partial charge in [-0.2, -0.15) is 0 Å². The van der Waals surface area contributed by atoms with Crippen molar-refractivity contribution in [3.05, 3.63) is 59.4 Å². The van der Waals surface area contributed by atoms with Crippen molar-refractivity contribution in [2.75, 3.05) is 23.7 Å². The van der Waals surface area contributed by atoms with Gasteiger partial charge in [-0.15, -0.1) is 0 Å². The van der Waals surface area contributed by atoms with Crippen molar-refractivity contribution in [3.63, 3.8) is 0 Å². The fourth-order valence-corrected chi connectivity index (χ4v) is 4.34. The predicted octanol–water partition coefficient (Wildman–Crippen LogP) is 3.18. The van der Waals surface area contributed by atoms with Crippen LogP contribution in [0.3, 0.4) is 0 Å². The van der Waals surface area contributed by atoms with Crippen LogP contribution < -0.4 is 14.4 Å². The maximum absolute atomic E-state index is 13.2. The van der Waals surface area contributed by atoms with Crippen LogP contribution in [0.4, 0.5) is 10.1 Å². The van der Waals surface area contributed by atoms with Crippen LogP contribution in [0.15, 0.2) is 42.5 Å². The molecule has 0 aliphatic rings. The van der Waals surface area contributed by atoms with Gasteiger partial charge in [-0.1, -0.05) is 13.0 Å². The van der Waals surface area contributed by atoms with E-state index in [2.05, 4.69) is 5.32 Å². The van der Waals surface area contributed by atoms with E-state index in [0.29, 0.717) is 5.75 Å². The lowest BCUT2D eigenvalue weighted by Gasteiger charge is -2.30. The van der Waals surface area contributed by atoms with Gasteiger partial charge in [0.2, 0.25) is 15.9 Å². The molecule has 29 heavy (non-hydrogen) atoms. The van der Waals surface area contributed by atoms with Crippen LogP contribution >= 0.6 is 0 Å².